The molecule has 0 saturated carbocycles. The van der Waals surface area contributed by atoms with Gasteiger partial charge in [0, 0.05) is 28.9 Å². The van der Waals surface area contributed by atoms with Crippen molar-refractivity contribution >= 4 is 27.3 Å². The maximum absolute atomic E-state index is 6.14. The Hall–Kier alpha value is 0.100. The van der Waals surface area contributed by atoms with Crippen molar-refractivity contribution in [2.75, 3.05) is 7.11 Å². The fraction of sp³-hybridized carbons (Fsp3) is 0.636. The van der Waals surface area contributed by atoms with E-state index in [1.807, 2.05) is 0 Å². The molecule has 0 amide bonds. The smallest absolute Gasteiger partial charge is 0.0725 e. The van der Waals surface area contributed by atoms with Crippen LogP contribution in [0, 0.1) is 0 Å². The summed E-state index contributed by atoms with van der Waals surface area (Å²) >= 11 is 5.26. The molecule has 0 aromatic carbocycles. The van der Waals surface area contributed by atoms with Crippen molar-refractivity contribution in [3.8, 4) is 0 Å². The summed E-state index contributed by atoms with van der Waals surface area (Å²) in [5.41, 5.74) is 6.14. The van der Waals surface area contributed by atoms with Crippen LogP contribution in [0.15, 0.2) is 15.9 Å². The molecule has 1 rings (SSSR count). The minimum atomic E-state index is 0.0879. The summed E-state index contributed by atoms with van der Waals surface area (Å²) in [6.07, 6.45) is 3.19. The topological polar surface area (TPSA) is 35.2 Å². The van der Waals surface area contributed by atoms with Crippen LogP contribution in [0.1, 0.15) is 24.6 Å². The highest BCUT2D eigenvalue weighted by atomic mass is 79.9. The Morgan fingerprint density at radius 2 is 2.33 bits per heavy atom. The number of methoxy groups -OCH3 is 1. The zero-order valence-electron chi connectivity index (χ0n) is 9.20. The number of thiophene rings is 1. The molecule has 0 radical (unpaired) electrons. The first-order chi connectivity index (χ1) is 7.19. The van der Waals surface area contributed by atoms with E-state index in [-0.39, 0.29) is 12.1 Å². The highest BCUT2D eigenvalue weighted by Gasteiger charge is 2.18. The molecule has 1 heterocycles. The van der Waals surface area contributed by atoms with Gasteiger partial charge in [-0.15, -0.1) is 11.3 Å². The molecule has 1 aromatic heterocycles. The summed E-state index contributed by atoms with van der Waals surface area (Å²) in [6, 6.07) is 2.15. The molecule has 0 saturated heterocycles. The monoisotopic (exact) mass is 291 g/mol. The lowest BCUT2D eigenvalue weighted by Crippen LogP contribution is -2.37. The number of nitrogens with two attached hydrogens (primary N) is 1. The normalized spacial score (nSPS) is 15.2. The fourth-order valence-electron chi connectivity index (χ4n) is 1.61. The first-order valence-electron chi connectivity index (χ1n) is 5.19. The van der Waals surface area contributed by atoms with Crippen LogP contribution >= 0.6 is 27.3 Å². The van der Waals surface area contributed by atoms with Crippen LogP contribution in [0.2, 0.25) is 0 Å². The third-order valence-corrected chi connectivity index (χ3v) is 4.41. The van der Waals surface area contributed by atoms with Gasteiger partial charge in [-0.05, 0) is 33.8 Å². The van der Waals surface area contributed by atoms with Crippen LogP contribution in [-0.4, -0.2) is 19.3 Å². The van der Waals surface area contributed by atoms with Crippen LogP contribution in [0.5, 0.6) is 0 Å². The SMILES string of the molecule is CCCC(OC)C(N)Cc1sccc1Br. The molecular formula is C11H18BrNOS. The van der Waals surface area contributed by atoms with Gasteiger partial charge in [0.15, 0.2) is 0 Å². The van der Waals surface area contributed by atoms with Crippen molar-refractivity contribution in [1.82, 2.24) is 0 Å². The van der Waals surface area contributed by atoms with Gasteiger partial charge in [0.2, 0.25) is 0 Å². The van der Waals surface area contributed by atoms with E-state index in [1.54, 1.807) is 18.4 Å². The lowest BCUT2D eigenvalue weighted by atomic mass is 10.0. The zero-order valence-corrected chi connectivity index (χ0v) is 11.6. The zero-order chi connectivity index (χ0) is 11.3. The molecule has 86 valence electrons. The molecule has 2 nitrogen and oxygen atoms in total. The minimum absolute atomic E-state index is 0.0879. The molecule has 0 fully saturated rings. The number of halogens is 1. The minimum Gasteiger partial charge on any atom is -0.380 e. The maximum atomic E-state index is 6.14. The second-order valence-corrected chi connectivity index (χ2v) is 5.48. The Bertz CT molecular complexity index is 290. The van der Waals surface area contributed by atoms with Gasteiger partial charge in [-0.25, -0.2) is 0 Å². The maximum Gasteiger partial charge on any atom is 0.0725 e. The van der Waals surface area contributed by atoms with Crippen LogP contribution in [0.3, 0.4) is 0 Å². The van der Waals surface area contributed by atoms with E-state index in [1.165, 1.54) is 4.88 Å². The average Bonchev–Trinajstić information content (AvgIpc) is 2.60. The van der Waals surface area contributed by atoms with Crippen molar-refractivity contribution in [3.63, 3.8) is 0 Å². The second-order valence-electron chi connectivity index (χ2n) is 3.62. The van der Waals surface area contributed by atoms with Crippen LogP contribution in [-0.2, 0) is 11.2 Å². The van der Waals surface area contributed by atoms with E-state index in [9.17, 15) is 0 Å². The molecule has 1 aromatic rings. The molecule has 15 heavy (non-hydrogen) atoms. The first kappa shape index (κ1) is 13.2. The number of hydrogen-bond acceptors (Lipinski definition) is 3. The Morgan fingerprint density at radius 3 is 2.80 bits per heavy atom. The van der Waals surface area contributed by atoms with Crippen molar-refractivity contribution in [1.29, 1.82) is 0 Å². The highest BCUT2D eigenvalue weighted by Crippen LogP contribution is 2.24. The highest BCUT2D eigenvalue weighted by molar-refractivity contribution is 9.10. The quantitative estimate of drug-likeness (QED) is 0.874. The van der Waals surface area contributed by atoms with Gasteiger partial charge >= 0.3 is 0 Å². The third kappa shape index (κ3) is 3.87. The first-order valence-corrected chi connectivity index (χ1v) is 6.86. The van der Waals surface area contributed by atoms with E-state index < -0.39 is 0 Å². The Morgan fingerprint density at radius 1 is 1.60 bits per heavy atom. The largest absolute Gasteiger partial charge is 0.380 e. The van der Waals surface area contributed by atoms with Crippen molar-refractivity contribution in [2.45, 2.75) is 38.3 Å². The average molecular weight is 292 g/mol. The molecule has 0 bridgehead atoms. The van der Waals surface area contributed by atoms with Gasteiger partial charge in [0.1, 0.15) is 0 Å². The second kappa shape index (κ2) is 6.63. The molecule has 4 heteroatoms. The predicted octanol–water partition coefficient (Wildman–Crippen LogP) is 3.20. The van der Waals surface area contributed by atoms with Crippen LogP contribution in [0.4, 0.5) is 0 Å². The summed E-state index contributed by atoms with van der Waals surface area (Å²) in [4.78, 5) is 1.31. The summed E-state index contributed by atoms with van der Waals surface area (Å²) in [6.45, 7) is 2.15. The van der Waals surface area contributed by atoms with E-state index in [4.69, 9.17) is 10.5 Å². The molecule has 0 aliphatic rings. The number of ether oxygens (including phenoxy) is 1. The van der Waals surface area contributed by atoms with Gasteiger partial charge in [0.25, 0.3) is 0 Å². The van der Waals surface area contributed by atoms with Crippen molar-refractivity contribution < 1.29 is 4.74 Å². The lowest BCUT2D eigenvalue weighted by molar-refractivity contribution is 0.0728. The van der Waals surface area contributed by atoms with E-state index in [2.05, 4.69) is 34.3 Å². The van der Waals surface area contributed by atoms with Crippen LogP contribution in [0.25, 0.3) is 0 Å². The fourth-order valence-corrected chi connectivity index (χ4v) is 3.19. The van der Waals surface area contributed by atoms with Crippen LogP contribution < -0.4 is 5.73 Å². The summed E-state index contributed by atoms with van der Waals surface area (Å²) < 4.78 is 6.57. The van der Waals surface area contributed by atoms with E-state index >= 15 is 0 Å². The molecular weight excluding hydrogens is 274 g/mol. The molecule has 0 aliphatic carbocycles. The molecule has 2 N–H and O–H groups in total. The van der Waals surface area contributed by atoms with Crippen molar-refractivity contribution in [2.24, 2.45) is 5.73 Å². The molecule has 0 aliphatic heterocycles. The molecule has 2 unspecified atom stereocenters. The standard InChI is InChI=1S/C11H18BrNOS/c1-3-4-10(14-2)9(13)7-11-8(12)5-6-15-11/h5-6,9-10H,3-4,7,13H2,1-2H3. The van der Waals surface area contributed by atoms with E-state index in [0.29, 0.717) is 0 Å². The third-order valence-electron chi connectivity index (χ3n) is 2.47. The number of rotatable bonds is 6. The Kier molecular flexibility index (Phi) is 5.82. The van der Waals surface area contributed by atoms with Gasteiger partial charge in [0.05, 0.1) is 6.10 Å². The molecule has 0 spiro atoms. The Labute approximate surface area is 104 Å². The molecule has 2 atom stereocenters. The lowest BCUT2D eigenvalue weighted by Gasteiger charge is -2.21. The summed E-state index contributed by atoms with van der Waals surface area (Å²) in [7, 11) is 1.74. The van der Waals surface area contributed by atoms with Gasteiger partial charge in [-0.2, -0.15) is 0 Å². The van der Waals surface area contributed by atoms with Gasteiger partial charge in [-0.3, -0.25) is 0 Å². The predicted molar refractivity (Wildman–Crippen MR) is 69.4 cm³/mol. The van der Waals surface area contributed by atoms with Gasteiger partial charge in [-0.1, -0.05) is 13.3 Å². The Balaban J connectivity index is 2.53. The summed E-state index contributed by atoms with van der Waals surface area (Å²) in [5, 5.41) is 2.08. The van der Waals surface area contributed by atoms with E-state index in [0.717, 1.165) is 23.7 Å². The van der Waals surface area contributed by atoms with Crippen molar-refractivity contribution in [3.05, 3.63) is 20.8 Å². The summed E-state index contributed by atoms with van der Waals surface area (Å²) in [5.74, 6) is 0. The number of hydrogen-bond donors (Lipinski definition) is 1. The van der Waals surface area contributed by atoms with Gasteiger partial charge < -0.3 is 10.5 Å².